The Morgan fingerprint density at radius 3 is 2.24 bits per heavy atom. The molecule has 164 valence electrons. The Hall–Kier alpha value is -4.19. The molecule has 0 aliphatic heterocycles. The van der Waals surface area contributed by atoms with Crippen molar-refractivity contribution in [2.45, 2.75) is 19.8 Å². The molecule has 0 radical (unpaired) electrons. The zero-order valence-electron chi connectivity index (χ0n) is 18.5. The second-order valence-electron chi connectivity index (χ2n) is 7.99. The van der Waals surface area contributed by atoms with E-state index in [-0.39, 0.29) is 5.91 Å². The lowest BCUT2D eigenvalue weighted by molar-refractivity contribution is 0.0956. The normalized spacial score (nSPS) is 11.2. The predicted octanol–water partition coefficient (Wildman–Crippen LogP) is 4.69. The van der Waals surface area contributed by atoms with Crippen molar-refractivity contribution in [3.8, 4) is 5.69 Å². The SMILES string of the molecule is CCc1ccc(-n2c(N)c(C(=O)NCCc3ccccc3)c3nc4ccccc4nc32)cc1. The van der Waals surface area contributed by atoms with Crippen LogP contribution in [0.2, 0.25) is 0 Å². The number of anilines is 1. The molecule has 0 fully saturated rings. The topological polar surface area (TPSA) is 85.8 Å². The number of para-hydroxylation sites is 2. The minimum Gasteiger partial charge on any atom is -0.384 e. The molecular weight excluding hydrogens is 410 g/mol. The average Bonchev–Trinajstić information content (AvgIpc) is 3.13. The molecule has 33 heavy (non-hydrogen) atoms. The van der Waals surface area contributed by atoms with Crippen LogP contribution in [0, 0.1) is 0 Å². The van der Waals surface area contributed by atoms with E-state index in [0.717, 1.165) is 35.1 Å². The highest BCUT2D eigenvalue weighted by atomic mass is 16.1. The molecule has 0 aliphatic carbocycles. The van der Waals surface area contributed by atoms with Crippen molar-refractivity contribution in [1.29, 1.82) is 0 Å². The van der Waals surface area contributed by atoms with Gasteiger partial charge in [-0.2, -0.15) is 0 Å². The highest BCUT2D eigenvalue weighted by Gasteiger charge is 2.24. The van der Waals surface area contributed by atoms with Crippen LogP contribution in [0.15, 0.2) is 78.9 Å². The van der Waals surface area contributed by atoms with Crippen LogP contribution in [0.4, 0.5) is 5.82 Å². The third-order valence-electron chi connectivity index (χ3n) is 5.87. The summed E-state index contributed by atoms with van der Waals surface area (Å²) in [6.45, 7) is 2.62. The maximum atomic E-state index is 13.3. The van der Waals surface area contributed by atoms with Gasteiger partial charge in [0.25, 0.3) is 5.91 Å². The van der Waals surface area contributed by atoms with E-state index in [1.54, 1.807) is 0 Å². The summed E-state index contributed by atoms with van der Waals surface area (Å²) in [5.74, 6) is 0.0868. The first kappa shape index (κ1) is 20.7. The van der Waals surface area contributed by atoms with E-state index in [9.17, 15) is 4.79 Å². The van der Waals surface area contributed by atoms with Crippen LogP contribution in [0.3, 0.4) is 0 Å². The van der Waals surface area contributed by atoms with E-state index in [2.05, 4.69) is 24.4 Å². The van der Waals surface area contributed by atoms with Crippen LogP contribution < -0.4 is 11.1 Å². The lowest BCUT2D eigenvalue weighted by atomic mass is 10.1. The Morgan fingerprint density at radius 1 is 0.879 bits per heavy atom. The molecule has 5 rings (SSSR count). The van der Waals surface area contributed by atoms with Gasteiger partial charge in [-0.25, -0.2) is 9.97 Å². The van der Waals surface area contributed by atoms with Crippen LogP contribution in [-0.2, 0) is 12.8 Å². The second kappa shape index (κ2) is 8.74. The van der Waals surface area contributed by atoms with Crippen LogP contribution >= 0.6 is 0 Å². The molecule has 2 heterocycles. The Bertz CT molecular complexity index is 1440. The van der Waals surface area contributed by atoms with Crippen molar-refractivity contribution >= 4 is 33.9 Å². The van der Waals surface area contributed by atoms with Crippen molar-refractivity contribution in [3.05, 3.63) is 95.6 Å². The van der Waals surface area contributed by atoms with Crippen molar-refractivity contribution in [2.24, 2.45) is 0 Å². The number of rotatable bonds is 6. The van der Waals surface area contributed by atoms with E-state index < -0.39 is 0 Å². The molecule has 2 aromatic heterocycles. The second-order valence-corrected chi connectivity index (χ2v) is 7.99. The van der Waals surface area contributed by atoms with Gasteiger partial charge in [-0.3, -0.25) is 9.36 Å². The van der Waals surface area contributed by atoms with Crippen molar-refractivity contribution < 1.29 is 4.79 Å². The smallest absolute Gasteiger partial charge is 0.257 e. The van der Waals surface area contributed by atoms with Gasteiger partial charge in [-0.15, -0.1) is 0 Å². The van der Waals surface area contributed by atoms with Gasteiger partial charge in [0, 0.05) is 12.2 Å². The number of nitrogens with one attached hydrogen (secondary N) is 1. The maximum Gasteiger partial charge on any atom is 0.257 e. The largest absolute Gasteiger partial charge is 0.384 e. The Balaban J connectivity index is 1.58. The van der Waals surface area contributed by atoms with Crippen molar-refractivity contribution in [1.82, 2.24) is 19.9 Å². The number of amides is 1. The first-order valence-electron chi connectivity index (χ1n) is 11.1. The van der Waals surface area contributed by atoms with E-state index >= 15 is 0 Å². The molecule has 3 N–H and O–H groups in total. The van der Waals surface area contributed by atoms with Gasteiger partial charge >= 0.3 is 0 Å². The maximum absolute atomic E-state index is 13.3. The number of aromatic nitrogens is 3. The Kier molecular flexibility index (Phi) is 5.48. The molecule has 0 atom stereocenters. The lowest BCUT2D eigenvalue weighted by Gasteiger charge is -2.09. The fourth-order valence-corrected chi connectivity index (χ4v) is 4.08. The molecule has 5 aromatic rings. The highest BCUT2D eigenvalue weighted by molar-refractivity contribution is 6.11. The van der Waals surface area contributed by atoms with Gasteiger partial charge in [-0.1, -0.05) is 61.5 Å². The summed E-state index contributed by atoms with van der Waals surface area (Å²) < 4.78 is 1.82. The fraction of sp³-hybridized carbons (Fsp3) is 0.148. The van der Waals surface area contributed by atoms with Gasteiger partial charge in [0.2, 0.25) is 0 Å². The van der Waals surface area contributed by atoms with Crippen molar-refractivity contribution in [2.75, 3.05) is 12.3 Å². The van der Waals surface area contributed by atoms with E-state index in [1.165, 1.54) is 5.56 Å². The van der Waals surface area contributed by atoms with Crippen LogP contribution in [0.5, 0.6) is 0 Å². The number of hydrogen-bond acceptors (Lipinski definition) is 4. The van der Waals surface area contributed by atoms with E-state index in [4.69, 9.17) is 15.7 Å². The summed E-state index contributed by atoms with van der Waals surface area (Å²) in [5.41, 5.74) is 12.7. The standard InChI is InChI=1S/C27H25N5O/c1-2-18-12-14-20(15-13-18)32-25(28)23(27(33)29-17-16-19-8-4-3-5-9-19)24-26(32)31-22-11-7-6-10-21(22)30-24/h3-15H,2,16-17,28H2,1H3,(H,29,33). The van der Waals surface area contributed by atoms with Crippen LogP contribution in [-0.4, -0.2) is 27.0 Å². The van der Waals surface area contributed by atoms with E-state index in [0.29, 0.717) is 29.1 Å². The number of aryl methyl sites for hydroxylation is 1. The predicted molar refractivity (Wildman–Crippen MR) is 133 cm³/mol. The molecular formula is C27H25N5O. The highest BCUT2D eigenvalue weighted by Crippen LogP contribution is 2.31. The molecule has 0 bridgehead atoms. The van der Waals surface area contributed by atoms with Crippen molar-refractivity contribution in [3.63, 3.8) is 0 Å². The first-order chi connectivity index (χ1) is 16.2. The zero-order chi connectivity index (χ0) is 22.8. The molecule has 1 amide bonds. The summed E-state index contributed by atoms with van der Waals surface area (Å²) >= 11 is 0. The summed E-state index contributed by atoms with van der Waals surface area (Å²) in [6, 6.07) is 25.8. The third kappa shape index (κ3) is 3.91. The number of hydrogen-bond donors (Lipinski definition) is 2. The summed E-state index contributed by atoms with van der Waals surface area (Å²) in [4.78, 5) is 22.9. The number of benzene rings is 3. The van der Waals surface area contributed by atoms with Crippen LogP contribution in [0.1, 0.15) is 28.4 Å². The van der Waals surface area contributed by atoms with Gasteiger partial charge in [0.1, 0.15) is 16.9 Å². The number of carbonyl (C=O) groups is 1. The Morgan fingerprint density at radius 2 is 1.55 bits per heavy atom. The number of fused-ring (bicyclic) bond motifs is 2. The molecule has 3 aromatic carbocycles. The summed E-state index contributed by atoms with van der Waals surface area (Å²) in [7, 11) is 0. The number of carbonyl (C=O) groups excluding carboxylic acids is 1. The number of nitrogens with zero attached hydrogens (tertiary/aromatic N) is 3. The monoisotopic (exact) mass is 435 g/mol. The first-order valence-corrected chi connectivity index (χ1v) is 11.1. The van der Waals surface area contributed by atoms with Gasteiger partial charge < -0.3 is 11.1 Å². The van der Waals surface area contributed by atoms with E-state index in [1.807, 2.05) is 71.3 Å². The molecule has 0 unspecified atom stereocenters. The number of nitrogen functional groups attached to an aromatic ring is 1. The molecule has 6 nitrogen and oxygen atoms in total. The van der Waals surface area contributed by atoms with Crippen LogP contribution in [0.25, 0.3) is 27.9 Å². The quantitative estimate of drug-likeness (QED) is 0.405. The lowest BCUT2D eigenvalue weighted by Crippen LogP contribution is -2.26. The van der Waals surface area contributed by atoms with Gasteiger partial charge in [0.15, 0.2) is 5.65 Å². The third-order valence-corrected chi connectivity index (χ3v) is 5.87. The van der Waals surface area contributed by atoms with Gasteiger partial charge in [0.05, 0.1) is 11.0 Å². The zero-order valence-corrected chi connectivity index (χ0v) is 18.5. The minimum absolute atomic E-state index is 0.248. The molecule has 6 heteroatoms. The Labute approximate surface area is 192 Å². The molecule has 0 spiro atoms. The summed E-state index contributed by atoms with van der Waals surface area (Å²) in [6.07, 6.45) is 1.68. The molecule has 0 saturated carbocycles. The summed E-state index contributed by atoms with van der Waals surface area (Å²) in [5, 5.41) is 3.01. The minimum atomic E-state index is -0.248. The van der Waals surface area contributed by atoms with Gasteiger partial charge in [-0.05, 0) is 48.2 Å². The molecule has 0 aliphatic rings. The average molecular weight is 436 g/mol. The molecule has 0 saturated heterocycles. The number of nitrogens with two attached hydrogens (primary N) is 1. The fourth-order valence-electron chi connectivity index (χ4n) is 4.08.